The smallest absolute Gasteiger partial charge is 0.341 e. The molecule has 1 atom stereocenters. The topological polar surface area (TPSA) is 94.7 Å². The van der Waals surface area contributed by atoms with Crippen LogP contribution in [0.5, 0.6) is 11.5 Å². The number of rotatable bonds is 10. The zero-order valence-corrected chi connectivity index (χ0v) is 19.5. The highest BCUT2D eigenvalue weighted by molar-refractivity contribution is 8.32. The first-order valence-electron chi connectivity index (χ1n) is 10.5. The van der Waals surface area contributed by atoms with E-state index in [2.05, 4.69) is 25.1 Å². The maximum absolute atomic E-state index is 10.9. The Balaban J connectivity index is 2.04. The lowest BCUT2D eigenvalue weighted by atomic mass is 10.1. The highest BCUT2D eigenvalue weighted by Gasteiger charge is 2.29. The van der Waals surface area contributed by atoms with Gasteiger partial charge in [0.15, 0.2) is 6.61 Å². The van der Waals surface area contributed by atoms with Crippen LogP contribution in [0.3, 0.4) is 0 Å². The van der Waals surface area contributed by atoms with E-state index in [0.29, 0.717) is 11.5 Å². The monoisotopic (exact) mass is 454 g/mol. The molecule has 6 nitrogen and oxygen atoms in total. The Morgan fingerprint density at radius 2 is 1.84 bits per heavy atom. The van der Waals surface area contributed by atoms with E-state index in [1.807, 2.05) is 43.5 Å². The lowest BCUT2D eigenvalue weighted by Gasteiger charge is -2.37. The first-order valence-corrected chi connectivity index (χ1v) is 12.4. The quantitative estimate of drug-likeness (QED) is 0.424. The summed E-state index contributed by atoms with van der Waals surface area (Å²) in [7, 11) is -0.395. The number of hydrogen-bond donors (Lipinski definition) is 2. The molecule has 0 saturated heterocycles. The molecule has 32 heavy (non-hydrogen) atoms. The number of aryl methyl sites for hydroxylation is 1. The van der Waals surface area contributed by atoms with Crippen molar-refractivity contribution in [1.29, 1.82) is 0 Å². The number of pyridine rings is 1. The molecule has 3 N–H and O–H groups in total. The highest BCUT2D eigenvalue weighted by Crippen LogP contribution is 2.59. The van der Waals surface area contributed by atoms with E-state index in [1.165, 1.54) is 0 Å². The predicted octanol–water partition coefficient (Wildman–Crippen LogP) is 5.43. The predicted molar refractivity (Wildman–Crippen MR) is 129 cm³/mol. The summed E-state index contributed by atoms with van der Waals surface area (Å²) in [6, 6.07) is 17.9. The van der Waals surface area contributed by atoms with Gasteiger partial charge in [0, 0.05) is 17.8 Å². The van der Waals surface area contributed by atoms with Gasteiger partial charge in [-0.05, 0) is 42.4 Å². The highest BCUT2D eigenvalue weighted by atomic mass is 32.3. The lowest BCUT2D eigenvalue weighted by Crippen LogP contribution is -2.19. The van der Waals surface area contributed by atoms with Crippen molar-refractivity contribution < 1.29 is 19.4 Å². The molecule has 1 unspecified atom stereocenters. The summed E-state index contributed by atoms with van der Waals surface area (Å²) in [4.78, 5) is 16.6. The van der Waals surface area contributed by atoms with Gasteiger partial charge in [-0.25, -0.2) is 9.78 Å². The van der Waals surface area contributed by atoms with Crippen molar-refractivity contribution in [2.45, 2.75) is 36.6 Å². The summed E-state index contributed by atoms with van der Waals surface area (Å²) in [5.74, 6) is 0.791. The summed E-state index contributed by atoms with van der Waals surface area (Å²) in [5.41, 5.74) is 2.94. The molecule has 0 aliphatic carbocycles. The van der Waals surface area contributed by atoms with Gasteiger partial charge in [-0.15, -0.1) is 10.2 Å². The molecule has 2 aromatic carbocycles. The number of aromatic nitrogens is 1. The van der Waals surface area contributed by atoms with Crippen molar-refractivity contribution in [1.82, 2.24) is 4.98 Å². The van der Waals surface area contributed by atoms with Crippen molar-refractivity contribution in [3.8, 4) is 22.6 Å². The first-order chi connectivity index (χ1) is 15.4. The minimum absolute atomic E-state index is 0.414. The van der Waals surface area contributed by atoms with Crippen molar-refractivity contribution in [2.24, 2.45) is 5.14 Å². The molecule has 0 amide bonds. The van der Waals surface area contributed by atoms with Crippen LogP contribution in [0.4, 0.5) is 0 Å². The average molecular weight is 455 g/mol. The normalized spacial score (nSPS) is 13.8. The maximum atomic E-state index is 10.9. The van der Waals surface area contributed by atoms with Crippen molar-refractivity contribution in [2.75, 3.05) is 19.5 Å². The molecule has 0 radical (unpaired) electrons. The van der Waals surface area contributed by atoms with Gasteiger partial charge < -0.3 is 14.6 Å². The number of carboxylic acids is 1. The largest absolute Gasteiger partial charge is 0.495 e. The Morgan fingerprint density at radius 3 is 2.44 bits per heavy atom. The van der Waals surface area contributed by atoms with Gasteiger partial charge in [-0.1, -0.05) is 49.7 Å². The van der Waals surface area contributed by atoms with Gasteiger partial charge in [0.1, 0.15) is 11.5 Å². The molecule has 0 bridgehead atoms. The van der Waals surface area contributed by atoms with Gasteiger partial charge in [0.05, 0.1) is 17.0 Å². The van der Waals surface area contributed by atoms with Crippen LogP contribution in [-0.4, -0.2) is 35.5 Å². The molecular weight excluding hydrogens is 424 g/mol. The minimum Gasteiger partial charge on any atom is -0.495 e. The number of unbranched alkanes of at least 4 members (excludes halogenated alkanes) is 1. The van der Waals surface area contributed by atoms with E-state index in [1.54, 1.807) is 13.2 Å². The molecule has 1 aromatic heterocycles. The molecule has 170 valence electrons. The van der Waals surface area contributed by atoms with Crippen LogP contribution in [0.2, 0.25) is 0 Å². The molecule has 0 spiro atoms. The number of carbonyl (C=O) groups is 1. The number of nitrogens with zero attached hydrogens (tertiary/aromatic N) is 1. The van der Waals surface area contributed by atoms with Gasteiger partial charge >= 0.3 is 5.97 Å². The van der Waals surface area contributed by atoms with Crippen LogP contribution in [-0.2, 0) is 4.79 Å². The Hall–Kier alpha value is -3.03. The number of carboxylic acid groups (broad SMARTS) is 1. The second kappa shape index (κ2) is 10.5. The summed E-state index contributed by atoms with van der Waals surface area (Å²) in [6.07, 6.45) is 3.83. The molecule has 7 heteroatoms. The molecule has 3 rings (SSSR count). The van der Waals surface area contributed by atoms with E-state index < -0.39 is 22.8 Å². The van der Waals surface area contributed by atoms with Gasteiger partial charge in [0.25, 0.3) is 0 Å². The Bertz CT molecular complexity index is 1060. The second-order valence-electron chi connectivity index (χ2n) is 7.55. The zero-order chi connectivity index (χ0) is 23.1. The van der Waals surface area contributed by atoms with E-state index in [4.69, 9.17) is 24.7 Å². The summed E-state index contributed by atoms with van der Waals surface area (Å²) in [6.45, 7) is 3.60. The molecule has 0 aliphatic rings. The van der Waals surface area contributed by atoms with Gasteiger partial charge in [-0.2, -0.15) is 0 Å². The third-order valence-electron chi connectivity index (χ3n) is 5.24. The summed E-state index contributed by atoms with van der Waals surface area (Å²) >= 11 is 0. The summed E-state index contributed by atoms with van der Waals surface area (Å²) < 4.78 is 11.1. The van der Waals surface area contributed by atoms with E-state index in [9.17, 15) is 4.79 Å². The lowest BCUT2D eigenvalue weighted by molar-refractivity contribution is -0.139. The van der Waals surface area contributed by atoms with Crippen LogP contribution >= 0.6 is 10.2 Å². The third kappa shape index (κ3) is 5.23. The minimum atomic E-state index is -1.98. The van der Waals surface area contributed by atoms with Crippen LogP contribution < -0.4 is 14.6 Å². The number of ether oxygens (including phenoxy) is 2. The van der Waals surface area contributed by atoms with E-state index in [0.717, 1.165) is 45.2 Å². The Kier molecular flexibility index (Phi) is 7.77. The second-order valence-corrected chi connectivity index (χ2v) is 10.4. The fourth-order valence-electron chi connectivity index (χ4n) is 3.48. The molecular formula is C25H30N2O4S. The molecule has 3 aromatic rings. The number of nitrogens with two attached hydrogens (primary N) is 1. The molecule has 0 aliphatic heterocycles. The van der Waals surface area contributed by atoms with Crippen molar-refractivity contribution >= 4 is 16.2 Å². The van der Waals surface area contributed by atoms with Gasteiger partial charge in [0.2, 0.25) is 0 Å². The van der Waals surface area contributed by atoms with Crippen LogP contribution in [0.25, 0.3) is 11.1 Å². The number of aliphatic carboxylic acids is 1. The van der Waals surface area contributed by atoms with E-state index in [-0.39, 0.29) is 0 Å². The van der Waals surface area contributed by atoms with Gasteiger partial charge in [-0.3, -0.25) is 5.14 Å². The Morgan fingerprint density at radius 1 is 1.09 bits per heavy atom. The number of benzene rings is 2. The van der Waals surface area contributed by atoms with Crippen LogP contribution in [0.15, 0.2) is 70.7 Å². The van der Waals surface area contributed by atoms with Crippen molar-refractivity contribution in [3.63, 3.8) is 0 Å². The van der Waals surface area contributed by atoms with Crippen LogP contribution in [0, 0.1) is 6.92 Å². The molecule has 0 fully saturated rings. The zero-order valence-electron chi connectivity index (χ0n) is 18.7. The SMILES string of the molecule is CCCCS(N)(c1ccc(-c2ccccc2)cn1)c1cc(C)c(OCC(=O)O)cc1OC. The number of methoxy groups -OCH3 is 1. The molecule has 0 saturated carbocycles. The fraction of sp³-hybridized carbons (Fsp3) is 0.280. The van der Waals surface area contributed by atoms with Crippen molar-refractivity contribution in [3.05, 3.63) is 66.4 Å². The summed E-state index contributed by atoms with van der Waals surface area (Å²) in [5, 5.41) is 16.9. The number of hydrogen-bond acceptors (Lipinski definition) is 5. The molecule has 1 heterocycles. The average Bonchev–Trinajstić information content (AvgIpc) is 2.82. The first kappa shape index (κ1) is 23.6. The van der Waals surface area contributed by atoms with E-state index >= 15 is 0 Å². The Labute approximate surface area is 190 Å². The standard InChI is InChI=1S/C25H30N2O4S/c1-4-5-13-32(26,24-12-11-20(16-27-24)19-9-7-6-8-10-19)23-14-18(2)21(15-22(23)30-3)31-17-25(28)29/h6-12,14-16H,4-5,13,17,26H2,1-3H3,(H,28,29). The third-order valence-corrected chi connectivity index (χ3v) is 8.27. The maximum Gasteiger partial charge on any atom is 0.341 e. The fourth-order valence-corrected chi connectivity index (χ4v) is 6.32. The van der Waals surface area contributed by atoms with Crippen LogP contribution in [0.1, 0.15) is 25.3 Å².